The minimum atomic E-state index is -0.262. The number of aromatic amines is 2. The van der Waals surface area contributed by atoms with E-state index in [4.69, 9.17) is 4.74 Å². The molecule has 8 nitrogen and oxygen atoms in total. The van der Waals surface area contributed by atoms with E-state index in [-0.39, 0.29) is 11.4 Å². The molecular weight excluding hydrogens is 399 g/mol. The van der Waals surface area contributed by atoms with E-state index in [1.54, 1.807) is 24.4 Å². The number of halogens is 1. The maximum Gasteiger partial charge on any atom is 0.259 e. The van der Waals surface area contributed by atoms with Crippen molar-refractivity contribution in [3.63, 3.8) is 0 Å². The minimum absolute atomic E-state index is 0.262. The zero-order valence-corrected chi connectivity index (χ0v) is 16.9. The Bertz CT molecular complexity index is 1330. The van der Waals surface area contributed by atoms with Crippen LogP contribution in [0, 0.1) is 12.7 Å². The number of fused-ring (bicyclic) bond motifs is 2. The molecule has 0 spiro atoms. The Morgan fingerprint density at radius 2 is 2.13 bits per heavy atom. The van der Waals surface area contributed by atoms with Gasteiger partial charge in [-0.25, -0.2) is 14.4 Å². The molecular formula is C22H21FN6O2. The summed E-state index contributed by atoms with van der Waals surface area (Å²) < 4.78 is 19.9. The van der Waals surface area contributed by atoms with E-state index < -0.39 is 0 Å². The van der Waals surface area contributed by atoms with Crippen LogP contribution in [0.3, 0.4) is 0 Å². The predicted molar refractivity (Wildman–Crippen MR) is 117 cm³/mol. The van der Waals surface area contributed by atoms with Crippen molar-refractivity contribution < 1.29 is 9.13 Å². The zero-order chi connectivity index (χ0) is 21.4. The Morgan fingerprint density at radius 1 is 1.23 bits per heavy atom. The molecule has 0 aliphatic carbocycles. The Morgan fingerprint density at radius 3 is 3.00 bits per heavy atom. The molecule has 0 radical (unpaired) electrons. The second kappa shape index (κ2) is 7.75. The van der Waals surface area contributed by atoms with Crippen LogP contribution in [0.15, 0.2) is 41.3 Å². The van der Waals surface area contributed by atoms with E-state index in [1.165, 1.54) is 6.07 Å². The molecule has 0 unspecified atom stereocenters. The average Bonchev–Trinajstić information content (AvgIpc) is 3.10. The highest BCUT2D eigenvalue weighted by atomic mass is 19.1. The van der Waals surface area contributed by atoms with Crippen molar-refractivity contribution in [3.05, 3.63) is 64.0 Å². The van der Waals surface area contributed by atoms with Gasteiger partial charge in [0, 0.05) is 23.8 Å². The number of rotatable bonds is 5. The number of nitrogens with one attached hydrogen (secondary N) is 4. The van der Waals surface area contributed by atoms with Crippen molar-refractivity contribution in [2.24, 2.45) is 0 Å². The molecule has 1 aliphatic rings. The van der Waals surface area contributed by atoms with Gasteiger partial charge in [0.05, 0.1) is 17.6 Å². The summed E-state index contributed by atoms with van der Waals surface area (Å²) in [7, 11) is 0. The van der Waals surface area contributed by atoms with Gasteiger partial charge >= 0.3 is 0 Å². The number of hydrogen-bond donors (Lipinski definition) is 4. The van der Waals surface area contributed by atoms with Gasteiger partial charge in [0.15, 0.2) is 17.5 Å². The SMILES string of the molecule is Cc1[nH]c2c(F)cccc2c1CCNc1nc(-c2ccc[nH]c2=O)nc2c1OCCN2. The smallest absolute Gasteiger partial charge is 0.259 e. The normalized spacial score (nSPS) is 12.8. The number of anilines is 2. The standard InChI is InChI=1S/C22H21FN6O2/c1-12-13(14-4-2-6-16(23)17(14)27-12)7-9-24-20-18-21(25-10-11-31-18)29-19(28-20)15-5-3-8-26-22(15)30/h2-6,8,27H,7,9-11H2,1H3,(H,26,30)(H2,24,25,28,29). The first kappa shape index (κ1) is 19.1. The van der Waals surface area contributed by atoms with Gasteiger partial charge in [-0.1, -0.05) is 12.1 Å². The molecule has 3 aromatic heterocycles. The van der Waals surface area contributed by atoms with Gasteiger partial charge in [-0.15, -0.1) is 0 Å². The number of benzene rings is 1. The van der Waals surface area contributed by atoms with Crippen LogP contribution in [-0.2, 0) is 6.42 Å². The van der Waals surface area contributed by atoms with E-state index in [0.717, 1.165) is 16.6 Å². The molecule has 9 heteroatoms. The molecule has 1 aliphatic heterocycles. The van der Waals surface area contributed by atoms with Crippen LogP contribution >= 0.6 is 0 Å². The van der Waals surface area contributed by atoms with Gasteiger partial charge in [-0.05, 0) is 37.1 Å². The molecule has 5 rings (SSSR count). The summed E-state index contributed by atoms with van der Waals surface area (Å²) in [5.74, 6) is 1.64. The van der Waals surface area contributed by atoms with E-state index >= 15 is 0 Å². The van der Waals surface area contributed by atoms with E-state index in [1.807, 2.05) is 13.0 Å². The fourth-order valence-electron chi connectivity index (χ4n) is 3.86. The molecule has 0 bridgehead atoms. The Labute approximate surface area is 176 Å². The quantitative estimate of drug-likeness (QED) is 0.395. The fourth-order valence-corrected chi connectivity index (χ4v) is 3.86. The van der Waals surface area contributed by atoms with Crippen molar-refractivity contribution in [2.45, 2.75) is 13.3 Å². The molecule has 158 valence electrons. The van der Waals surface area contributed by atoms with E-state index in [9.17, 15) is 9.18 Å². The topological polar surface area (TPSA) is 108 Å². The van der Waals surface area contributed by atoms with E-state index in [2.05, 4.69) is 30.6 Å². The Kier molecular flexibility index (Phi) is 4.78. The number of ether oxygens (including phenoxy) is 1. The largest absolute Gasteiger partial charge is 0.485 e. The van der Waals surface area contributed by atoms with Crippen LogP contribution in [-0.4, -0.2) is 39.6 Å². The number of hydrogen-bond acceptors (Lipinski definition) is 6. The second-order valence-electron chi connectivity index (χ2n) is 7.33. The summed E-state index contributed by atoms with van der Waals surface area (Å²) in [6.07, 6.45) is 2.22. The van der Waals surface area contributed by atoms with Crippen LogP contribution < -0.4 is 20.9 Å². The number of H-pyrrole nitrogens is 2. The lowest BCUT2D eigenvalue weighted by atomic mass is 10.1. The first-order chi connectivity index (χ1) is 15.1. The molecule has 0 saturated heterocycles. The summed E-state index contributed by atoms with van der Waals surface area (Å²) in [4.78, 5) is 27.0. The minimum Gasteiger partial charge on any atom is -0.485 e. The maximum atomic E-state index is 14.1. The Hall–Kier alpha value is -3.88. The van der Waals surface area contributed by atoms with Gasteiger partial charge in [-0.2, -0.15) is 0 Å². The summed E-state index contributed by atoms with van der Waals surface area (Å²) in [5.41, 5.74) is 2.61. The number of aromatic nitrogens is 4. The molecule has 4 aromatic rings. The van der Waals surface area contributed by atoms with Crippen molar-refractivity contribution >= 4 is 22.5 Å². The van der Waals surface area contributed by atoms with Gasteiger partial charge in [-0.3, -0.25) is 4.79 Å². The monoisotopic (exact) mass is 420 g/mol. The van der Waals surface area contributed by atoms with Gasteiger partial charge in [0.2, 0.25) is 5.75 Å². The summed E-state index contributed by atoms with van der Waals surface area (Å²) in [6, 6.07) is 8.49. The molecule has 4 heterocycles. The highest BCUT2D eigenvalue weighted by Gasteiger charge is 2.21. The summed E-state index contributed by atoms with van der Waals surface area (Å²) in [5, 5.41) is 7.39. The molecule has 31 heavy (non-hydrogen) atoms. The van der Waals surface area contributed by atoms with Crippen LogP contribution in [0.1, 0.15) is 11.3 Å². The van der Waals surface area contributed by atoms with Crippen molar-refractivity contribution in [1.82, 2.24) is 19.9 Å². The first-order valence-electron chi connectivity index (χ1n) is 10.1. The fraction of sp³-hybridized carbons (Fsp3) is 0.227. The van der Waals surface area contributed by atoms with E-state index in [0.29, 0.717) is 60.4 Å². The Balaban J connectivity index is 1.45. The third kappa shape index (κ3) is 3.48. The van der Waals surface area contributed by atoms with Gasteiger partial charge in [0.25, 0.3) is 5.56 Å². The predicted octanol–water partition coefficient (Wildman–Crippen LogP) is 3.22. The zero-order valence-electron chi connectivity index (χ0n) is 16.9. The van der Waals surface area contributed by atoms with Crippen molar-refractivity contribution in [2.75, 3.05) is 30.3 Å². The third-order valence-electron chi connectivity index (χ3n) is 5.34. The second-order valence-corrected chi connectivity index (χ2v) is 7.33. The summed E-state index contributed by atoms with van der Waals surface area (Å²) in [6.45, 7) is 3.60. The highest BCUT2D eigenvalue weighted by molar-refractivity contribution is 5.85. The summed E-state index contributed by atoms with van der Waals surface area (Å²) >= 11 is 0. The van der Waals surface area contributed by atoms with Crippen LogP contribution in [0.2, 0.25) is 0 Å². The molecule has 1 aromatic carbocycles. The van der Waals surface area contributed by atoms with Crippen molar-refractivity contribution in [3.8, 4) is 17.1 Å². The van der Waals surface area contributed by atoms with Crippen molar-refractivity contribution in [1.29, 1.82) is 0 Å². The lowest BCUT2D eigenvalue weighted by Crippen LogP contribution is -2.22. The lowest BCUT2D eigenvalue weighted by molar-refractivity contribution is 0.321. The molecule has 0 atom stereocenters. The number of pyridine rings is 1. The molecule has 0 saturated carbocycles. The van der Waals surface area contributed by atoms with Crippen LogP contribution in [0.4, 0.5) is 16.0 Å². The van der Waals surface area contributed by atoms with Gasteiger partial charge < -0.3 is 25.3 Å². The first-order valence-corrected chi connectivity index (χ1v) is 10.1. The molecule has 0 fully saturated rings. The molecule has 4 N–H and O–H groups in total. The molecule has 0 amide bonds. The van der Waals surface area contributed by atoms with Crippen LogP contribution in [0.25, 0.3) is 22.3 Å². The lowest BCUT2D eigenvalue weighted by Gasteiger charge is -2.21. The van der Waals surface area contributed by atoms with Gasteiger partial charge in [0.1, 0.15) is 12.4 Å². The number of nitrogens with zero attached hydrogens (tertiary/aromatic N) is 2. The number of aryl methyl sites for hydroxylation is 1. The number of para-hydroxylation sites is 1. The third-order valence-corrected chi connectivity index (χ3v) is 5.34. The van der Waals surface area contributed by atoms with Crippen LogP contribution in [0.5, 0.6) is 5.75 Å². The average molecular weight is 420 g/mol. The maximum absolute atomic E-state index is 14.1. The highest BCUT2D eigenvalue weighted by Crippen LogP contribution is 2.34.